The van der Waals surface area contributed by atoms with E-state index in [1.165, 1.54) is 43.4 Å². The summed E-state index contributed by atoms with van der Waals surface area (Å²) >= 11 is 0. The van der Waals surface area contributed by atoms with Crippen molar-refractivity contribution in [3.8, 4) is 11.5 Å². The van der Waals surface area contributed by atoms with Gasteiger partial charge < -0.3 is 9.47 Å². The Kier molecular flexibility index (Phi) is 5.58. The zero-order valence-corrected chi connectivity index (χ0v) is 16.4. The van der Waals surface area contributed by atoms with Crippen molar-refractivity contribution in [3.05, 3.63) is 47.0 Å². The van der Waals surface area contributed by atoms with Crippen molar-refractivity contribution < 1.29 is 9.47 Å². The summed E-state index contributed by atoms with van der Waals surface area (Å²) < 4.78 is 11.1. The standard InChI is InChI=1S/C22H29N3O2/c1-26-20-9-6-10-21(27-2)18(20)15-25-12-11-19-17(14-25)13-23-22(24-19)16-7-4-3-5-8-16/h6,9-10,13,16H,3-5,7-8,11-12,14-15H2,1-2H3. The van der Waals surface area contributed by atoms with Gasteiger partial charge in [-0.15, -0.1) is 0 Å². The first-order valence-corrected chi connectivity index (χ1v) is 10.1. The predicted molar refractivity (Wildman–Crippen MR) is 105 cm³/mol. The normalized spacial score (nSPS) is 18.1. The maximum atomic E-state index is 5.55. The van der Waals surface area contributed by atoms with Crippen LogP contribution >= 0.6 is 0 Å². The minimum Gasteiger partial charge on any atom is -0.496 e. The van der Waals surface area contributed by atoms with Crippen LogP contribution in [-0.4, -0.2) is 35.6 Å². The Labute approximate surface area is 161 Å². The molecule has 0 N–H and O–H groups in total. The third-order valence-corrected chi connectivity index (χ3v) is 5.91. The van der Waals surface area contributed by atoms with Crippen LogP contribution in [0.3, 0.4) is 0 Å². The van der Waals surface area contributed by atoms with E-state index in [0.29, 0.717) is 5.92 Å². The Hall–Kier alpha value is -2.14. The average molecular weight is 367 g/mol. The molecule has 0 bridgehead atoms. The summed E-state index contributed by atoms with van der Waals surface area (Å²) in [7, 11) is 3.43. The molecular formula is C22H29N3O2. The van der Waals surface area contributed by atoms with Gasteiger partial charge in [-0.3, -0.25) is 4.90 Å². The number of ether oxygens (including phenoxy) is 2. The SMILES string of the molecule is COc1cccc(OC)c1CN1CCc2nc(C3CCCCC3)ncc2C1. The molecule has 1 saturated carbocycles. The van der Waals surface area contributed by atoms with Crippen LogP contribution in [0.25, 0.3) is 0 Å². The van der Waals surface area contributed by atoms with Gasteiger partial charge in [-0.05, 0) is 25.0 Å². The number of hydrogen-bond donors (Lipinski definition) is 0. The van der Waals surface area contributed by atoms with E-state index in [9.17, 15) is 0 Å². The Morgan fingerprint density at radius 2 is 1.81 bits per heavy atom. The molecule has 1 fully saturated rings. The lowest BCUT2D eigenvalue weighted by Crippen LogP contribution is -2.31. The lowest BCUT2D eigenvalue weighted by atomic mass is 9.88. The second kappa shape index (κ2) is 8.26. The van der Waals surface area contributed by atoms with E-state index in [-0.39, 0.29) is 0 Å². The molecule has 0 atom stereocenters. The molecule has 0 unspecified atom stereocenters. The topological polar surface area (TPSA) is 47.5 Å². The Morgan fingerprint density at radius 1 is 1.07 bits per heavy atom. The van der Waals surface area contributed by atoms with Crippen LogP contribution in [0, 0.1) is 0 Å². The molecule has 0 radical (unpaired) electrons. The molecule has 1 aromatic carbocycles. The third kappa shape index (κ3) is 3.93. The van der Waals surface area contributed by atoms with E-state index < -0.39 is 0 Å². The van der Waals surface area contributed by atoms with Crippen molar-refractivity contribution in [2.24, 2.45) is 0 Å². The number of fused-ring (bicyclic) bond motifs is 1. The molecule has 144 valence electrons. The molecule has 2 aliphatic rings. The minimum atomic E-state index is 0.569. The second-order valence-corrected chi connectivity index (χ2v) is 7.64. The maximum absolute atomic E-state index is 5.55. The summed E-state index contributed by atoms with van der Waals surface area (Å²) in [5, 5.41) is 0. The number of rotatable bonds is 5. The van der Waals surface area contributed by atoms with Crippen molar-refractivity contribution in [2.45, 2.75) is 57.5 Å². The first kappa shape index (κ1) is 18.2. The minimum absolute atomic E-state index is 0.569. The highest BCUT2D eigenvalue weighted by Gasteiger charge is 2.24. The van der Waals surface area contributed by atoms with Gasteiger partial charge in [0.05, 0.1) is 19.8 Å². The van der Waals surface area contributed by atoms with E-state index in [4.69, 9.17) is 19.4 Å². The summed E-state index contributed by atoms with van der Waals surface area (Å²) in [6.07, 6.45) is 9.55. The highest BCUT2D eigenvalue weighted by Crippen LogP contribution is 2.33. The van der Waals surface area contributed by atoms with Crippen LogP contribution < -0.4 is 9.47 Å². The van der Waals surface area contributed by atoms with E-state index in [2.05, 4.69) is 11.1 Å². The number of benzene rings is 1. The highest BCUT2D eigenvalue weighted by atomic mass is 16.5. The lowest BCUT2D eigenvalue weighted by Gasteiger charge is -2.30. The van der Waals surface area contributed by atoms with Crippen LogP contribution in [0.2, 0.25) is 0 Å². The summed E-state index contributed by atoms with van der Waals surface area (Å²) in [4.78, 5) is 12.1. The summed E-state index contributed by atoms with van der Waals surface area (Å²) in [5.74, 6) is 3.40. The quantitative estimate of drug-likeness (QED) is 0.796. The number of nitrogens with zero attached hydrogens (tertiary/aromatic N) is 3. The molecule has 5 heteroatoms. The fourth-order valence-electron chi connectivity index (χ4n) is 4.39. The zero-order chi connectivity index (χ0) is 18.6. The number of methoxy groups -OCH3 is 2. The molecule has 0 amide bonds. The van der Waals surface area contributed by atoms with Gasteiger partial charge in [-0.25, -0.2) is 9.97 Å². The summed E-state index contributed by atoms with van der Waals surface area (Å²) in [6, 6.07) is 5.96. The van der Waals surface area contributed by atoms with Crippen LogP contribution in [0.1, 0.15) is 60.7 Å². The molecule has 1 aliphatic heterocycles. The van der Waals surface area contributed by atoms with Gasteiger partial charge in [0.25, 0.3) is 0 Å². The highest BCUT2D eigenvalue weighted by molar-refractivity contribution is 5.44. The zero-order valence-electron chi connectivity index (χ0n) is 16.4. The van der Waals surface area contributed by atoms with Crippen molar-refractivity contribution >= 4 is 0 Å². The van der Waals surface area contributed by atoms with Crippen LogP contribution in [-0.2, 0) is 19.5 Å². The fourth-order valence-corrected chi connectivity index (χ4v) is 4.39. The molecular weight excluding hydrogens is 338 g/mol. The first-order valence-electron chi connectivity index (χ1n) is 10.1. The van der Waals surface area contributed by atoms with Crippen LogP contribution in [0.4, 0.5) is 0 Å². The lowest BCUT2D eigenvalue weighted by molar-refractivity contribution is 0.234. The second-order valence-electron chi connectivity index (χ2n) is 7.64. The molecule has 2 aromatic rings. The van der Waals surface area contributed by atoms with Crippen molar-refractivity contribution in [2.75, 3.05) is 20.8 Å². The summed E-state index contributed by atoms with van der Waals surface area (Å²) in [5.41, 5.74) is 3.61. The Morgan fingerprint density at radius 3 is 2.52 bits per heavy atom. The van der Waals surface area contributed by atoms with Crippen molar-refractivity contribution in [1.82, 2.24) is 14.9 Å². The number of hydrogen-bond acceptors (Lipinski definition) is 5. The first-order chi connectivity index (χ1) is 13.3. The Balaban J connectivity index is 1.49. The fraction of sp³-hybridized carbons (Fsp3) is 0.545. The van der Waals surface area contributed by atoms with Gasteiger partial charge in [0, 0.05) is 49.4 Å². The van der Waals surface area contributed by atoms with Gasteiger partial charge in [0.1, 0.15) is 17.3 Å². The molecule has 0 spiro atoms. The molecule has 4 rings (SSSR count). The maximum Gasteiger partial charge on any atom is 0.131 e. The van der Waals surface area contributed by atoms with Gasteiger partial charge in [0.2, 0.25) is 0 Å². The van der Waals surface area contributed by atoms with Crippen molar-refractivity contribution in [1.29, 1.82) is 0 Å². The molecule has 5 nitrogen and oxygen atoms in total. The van der Waals surface area contributed by atoms with E-state index in [1.807, 2.05) is 18.2 Å². The summed E-state index contributed by atoms with van der Waals surface area (Å²) in [6.45, 7) is 2.67. The van der Waals surface area contributed by atoms with Crippen molar-refractivity contribution in [3.63, 3.8) is 0 Å². The van der Waals surface area contributed by atoms with E-state index >= 15 is 0 Å². The van der Waals surface area contributed by atoms with Gasteiger partial charge in [-0.1, -0.05) is 25.3 Å². The molecule has 27 heavy (non-hydrogen) atoms. The average Bonchev–Trinajstić information content (AvgIpc) is 2.74. The van der Waals surface area contributed by atoms with Crippen LogP contribution in [0.5, 0.6) is 11.5 Å². The predicted octanol–water partition coefficient (Wildman–Crippen LogP) is 4.10. The van der Waals surface area contributed by atoms with Gasteiger partial charge in [0.15, 0.2) is 0 Å². The largest absolute Gasteiger partial charge is 0.496 e. The van der Waals surface area contributed by atoms with E-state index in [1.54, 1.807) is 14.2 Å². The molecule has 2 heterocycles. The molecule has 1 aromatic heterocycles. The third-order valence-electron chi connectivity index (χ3n) is 5.91. The smallest absolute Gasteiger partial charge is 0.131 e. The van der Waals surface area contributed by atoms with Gasteiger partial charge in [-0.2, -0.15) is 0 Å². The number of aromatic nitrogens is 2. The monoisotopic (exact) mass is 367 g/mol. The van der Waals surface area contributed by atoms with Crippen LogP contribution in [0.15, 0.2) is 24.4 Å². The molecule has 0 saturated heterocycles. The van der Waals surface area contributed by atoms with Gasteiger partial charge >= 0.3 is 0 Å². The Bertz CT molecular complexity index is 765. The van der Waals surface area contributed by atoms with E-state index in [0.717, 1.165) is 48.9 Å². The molecule has 1 aliphatic carbocycles.